The first kappa shape index (κ1) is 20.6. The van der Waals surface area contributed by atoms with Crippen LogP contribution in [0, 0.1) is 29.5 Å². The van der Waals surface area contributed by atoms with E-state index in [0.29, 0.717) is 0 Å². The number of carbonyl (C=O) groups excluding carboxylic acids is 1. The van der Waals surface area contributed by atoms with Crippen LogP contribution in [0.5, 0.6) is 5.75 Å². The van der Waals surface area contributed by atoms with Crippen molar-refractivity contribution < 1.29 is 23.2 Å². The molecule has 2 heterocycles. The van der Waals surface area contributed by atoms with Gasteiger partial charge in [0.25, 0.3) is 5.91 Å². The molecule has 0 fully saturated rings. The van der Waals surface area contributed by atoms with E-state index < -0.39 is 34.4 Å². The van der Waals surface area contributed by atoms with Crippen molar-refractivity contribution in [1.82, 2.24) is 9.29 Å². The Labute approximate surface area is 168 Å². The van der Waals surface area contributed by atoms with Crippen molar-refractivity contribution in [2.24, 2.45) is 7.05 Å². The molecule has 10 heteroatoms. The molecule has 1 aliphatic heterocycles. The first-order chi connectivity index (χ1) is 13.7. The van der Waals surface area contributed by atoms with Crippen LogP contribution >= 0.6 is 0 Å². The molecule has 0 saturated carbocycles. The summed E-state index contributed by atoms with van der Waals surface area (Å²) >= 11 is 0. The third kappa shape index (κ3) is 3.87. The molecule has 29 heavy (non-hydrogen) atoms. The molecule has 1 aliphatic rings. The van der Waals surface area contributed by atoms with Crippen LogP contribution in [-0.4, -0.2) is 38.0 Å². The maximum atomic E-state index is 13.5. The van der Waals surface area contributed by atoms with Crippen LogP contribution < -0.4 is 14.8 Å². The number of anilines is 1. The number of hydrogen-bond acceptors (Lipinski definition) is 5. The van der Waals surface area contributed by atoms with Gasteiger partial charge in [0.1, 0.15) is 40.0 Å². The van der Waals surface area contributed by atoms with E-state index in [9.17, 15) is 18.5 Å². The number of nitrogens with one attached hydrogen (secondary N) is 2. The molecule has 0 saturated heterocycles. The van der Waals surface area contributed by atoms with Gasteiger partial charge in [-0.1, -0.05) is 5.92 Å². The second-order valence-electron chi connectivity index (χ2n) is 6.58. The van der Waals surface area contributed by atoms with Crippen LogP contribution in [0.1, 0.15) is 23.0 Å². The van der Waals surface area contributed by atoms with Gasteiger partial charge in [-0.25, -0.2) is 13.3 Å². The quantitative estimate of drug-likeness (QED) is 0.647. The van der Waals surface area contributed by atoms with Crippen molar-refractivity contribution in [2.45, 2.75) is 23.5 Å². The predicted molar refractivity (Wildman–Crippen MR) is 103 cm³/mol. The van der Waals surface area contributed by atoms with E-state index in [2.05, 4.69) is 16.0 Å². The van der Waals surface area contributed by atoms with Crippen LogP contribution in [0.4, 0.5) is 10.1 Å². The fourth-order valence-corrected chi connectivity index (χ4v) is 4.02. The van der Waals surface area contributed by atoms with Gasteiger partial charge in [0.2, 0.25) is 0 Å². The van der Waals surface area contributed by atoms with Gasteiger partial charge in [0.15, 0.2) is 11.4 Å². The number of fused-ring (bicyclic) bond motifs is 1. The highest BCUT2D eigenvalue weighted by molar-refractivity contribution is 7.83. The van der Waals surface area contributed by atoms with E-state index in [1.807, 2.05) is 0 Å². The number of ether oxygens (including phenoxy) is 1. The molecule has 0 aliphatic carbocycles. The highest BCUT2D eigenvalue weighted by atomic mass is 32.2. The molecular weight excluding hydrogens is 399 g/mol. The molecule has 2 aromatic rings. The van der Waals surface area contributed by atoms with E-state index in [4.69, 9.17) is 16.4 Å². The molecule has 3 atom stereocenters. The van der Waals surface area contributed by atoms with Gasteiger partial charge in [-0.2, -0.15) is 5.26 Å². The number of benzene rings is 1. The second-order valence-corrected chi connectivity index (χ2v) is 7.80. The number of aliphatic hydroxyl groups is 1. The summed E-state index contributed by atoms with van der Waals surface area (Å²) in [5.41, 5.74) is -1.55. The standard InChI is InChI=1S/C19H17FN4O4S/c1-4-19(2,26)15-10-28-17-14(29(27)23-15)9-24(3)16(17)18(25)22-12-5-6-13(20)11(7-12)8-21/h1,5-7,9,15,23,26H,10H2,2-3H3,(H,22,25)/t15?,19-,29?/m0/s1. The summed E-state index contributed by atoms with van der Waals surface area (Å²) in [5.74, 6) is 0.982. The summed E-state index contributed by atoms with van der Waals surface area (Å²) in [5, 5.41) is 21.8. The van der Waals surface area contributed by atoms with Crippen LogP contribution in [0.2, 0.25) is 0 Å². The average Bonchev–Trinajstić information content (AvgIpc) is 2.93. The number of amides is 1. The van der Waals surface area contributed by atoms with Gasteiger partial charge < -0.3 is 19.7 Å². The Bertz CT molecular complexity index is 1100. The minimum Gasteiger partial charge on any atom is -0.488 e. The molecule has 1 amide bonds. The number of nitriles is 1. The lowest BCUT2D eigenvalue weighted by Crippen LogP contribution is -2.51. The van der Waals surface area contributed by atoms with Gasteiger partial charge in [0.05, 0.1) is 11.6 Å². The summed E-state index contributed by atoms with van der Waals surface area (Å²) in [7, 11) is -0.221. The van der Waals surface area contributed by atoms with Crippen LogP contribution in [-0.2, 0) is 18.0 Å². The van der Waals surface area contributed by atoms with Gasteiger partial charge in [-0.05, 0) is 25.1 Å². The summed E-state index contributed by atoms with van der Waals surface area (Å²) in [4.78, 5) is 13.0. The molecule has 0 spiro atoms. The van der Waals surface area contributed by atoms with Gasteiger partial charge in [0, 0.05) is 18.9 Å². The zero-order chi connectivity index (χ0) is 21.3. The Kier molecular flexibility index (Phi) is 5.44. The summed E-state index contributed by atoms with van der Waals surface area (Å²) in [6.45, 7) is 1.26. The zero-order valence-electron chi connectivity index (χ0n) is 15.5. The van der Waals surface area contributed by atoms with Crippen LogP contribution in [0.25, 0.3) is 0 Å². The second kappa shape index (κ2) is 7.68. The lowest BCUT2D eigenvalue weighted by atomic mass is 9.99. The monoisotopic (exact) mass is 416 g/mol. The van der Waals surface area contributed by atoms with E-state index in [0.717, 1.165) is 6.07 Å². The number of nitrogens with zero attached hydrogens (tertiary/aromatic N) is 2. The Balaban J connectivity index is 1.92. The predicted octanol–water partition coefficient (Wildman–Crippen LogP) is 1.05. The lowest BCUT2D eigenvalue weighted by molar-refractivity contribution is 0.0645. The molecule has 0 bridgehead atoms. The van der Waals surface area contributed by atoms with Crippen molar-refractivity contribution in [3.8, 4) is 24.2 Å². The van der Waals surface area contributed by atoms with E-state index in [-0.39, 0.29) is 34.2 Å². The Morgan fingerprint density at radius 2 is 2.31 bits per heavy atom. The third-order valence-electron chi connectivity index (χ3n) is 4.48. The maximum absolute atomic E-state index is 13.5. The number of carbonyl (C=O) groups is 1. The van der Waals surface area contributed by atoms with Crippen LogP contribution in [0.15, 0.2) is 29.3 Å². The molecule has 2 unspecified atom stereocenters. The molecule has 3 rings (SSSR count). The molecular formula is C19H17FN4O4S. The van der Waals surface area contributed by atoms with E-state index in [1.165, 1.54) is 29.8 Å². The van der Waals surface area contributed by atoms with Crippen molar-refractivity contribution >= 4 is 22.6 Å². The van der Waals surface area contributed by atoms with Gasteiger partial charge >= 0.3 is 0 Å². The topological polar surface area (TPSA) is 116 Å². The summed E-state index contributed by atoms with van der Waals surface area (Å²) < 4.78 is 36.0. The van der Waals surface area contributed by atoms with Gasteiger partial charge in [-0.3, -0.25) is 4.79 Å². The Morgan fingerprint density at radius 3 is 2.97 bits per heavy atom. The number of halogens is 1. The Morgan fingerprint density at radius 1 is 1.59 bits per heavy atom. The van der Waals surface area contributed by atoms with E-state index >= 15 is 0 Å². The SMILES string of the molecule is C#C[C@](C)(O)C1COc2c(cn(C)c2C(=O)Nc2ccc(F)c(C#N)c2)S(=O)N1. The molecule has 1 aromatic heterocycles. The van der Waals surface area contributed by atoms with E-state index in [1.54, 1.807) is 13.1 Å². The van der Waals surface area contributed by atoms with Crippen molar-refractivity contribution in [3.05, 3.63) is 41.5 Å². The number of aromatic nitrogens is 1. The molecule has 0 radical (unpaired) electrons. The molecule has 150 valence electrons. The number of hydrogen-bond donors (Lipinski definition) is 3. The fourth-order valence-electron chi connectivity index (χ4n) is 2.76. The Hall–Kier alpha value is -3.18. The third-order valence-corrected chi connectivity index (χ3v) is 5.67. The lowest BCUT2D eigenvalue weighted by Gasteiger charge is -2.26. The smallest absolute Gasteiger partial charge is 0.276 e. The minimum absolute atomic E-state index is 0.0685. The molecule has 1 aromatic carbocycles. The molecule has 3 N–H and O–H groups in total. The summed E-state index contributed by atoms with van der Waals surface area (Å²) in [6, 6.07) is 4.45. The maximum Gasteiger partial charge on any atom is 0.276 e. The van der Waals surface area contributed by atoms with Crippen molar-refractivity contribution in [2.75, 3.05) is 11.9 Å². The van der Waals surface area contributed by atoms with Crippen molar-refractivity contribution in [1.29, 1.82) is 5.26 Å². The first-order valence-electron chi connectivity index (χ1n) is 8.39. The van der Waals surface area contributed by atoms with Crippen LogP contribution in [0.3, 0.4) is 0 Å². The highest BCUT2D eigenvalue weighted by Crippen LogP contribution is 2.32. The normalized spacial score (nSPS) is 20.2. The van der Waals surface area contributed by atoms with Gasteiger partial charge in [-0.15, -0.1) is 6.42 Å². The van der Waals surface area contributed by atoms with Crippen molar-refractivity contribution in [3.63, 3.8) is 0 Å². The summed E-state index contributed by atoms with van der Waals surface area (Å²) in [6.07, 6.45) is 6.79. The average molecular weight is 416 g/mol. The number of rotatable bonds is 3. The first-order valence-corrected chi connectivity index (χ1v) is 9.54. The highest BCUT2D eigenvalue weighted by Gasteiger charge is 2.37. The fraction of sp³-hybridized carbons (Fsp3) is 0.263. The largest absolute Gasteiger partial charge is 0.488 e. The zero-order valence-corrected chi connectivity index (χ0v) is 16.3. The number of aryl methyl sites for hydroxylation is 1. The molecule has 8 nitrogen and oxygen atoms in total. The number of terminal acetylenes is 1. The minimum atomic E-state index is -1.80.